The molecule has 1 atom stereocenters. The van der Waals surface area contributed by atoms with Crippen LogP contribution in [-0.4, -0.2) is 65.5 Å². The number of aromatic amines is 1. The lowest BCUT2D eigenvalue weighted by molar-refractivity contribution is -0.159. The van der Waals surface area contributed by atoms with Gasteiger partial charge >= 0.3 is 0 Å². The van der Waals surface area contributed by atoms with E-state index in [1.54, 1.807) is 22.9 Å². The topological polar surface area (TPSA) is 65.6 Å². The predicted octanol–water partition coefficient (Wildman–Crippen LogP) is 1.62. The van der Waals surface area contributed by atoms with E-state index in [2.05, 4.69) is 4.98 Å². The Labute approximate surface area is 150 Å². The Morgan fingerprint density at radius 1 is 1.38 bits per heavy atom. The number of carbonyl (C=O) groups excluding carboxylic acids is 2. The average Bonchev–Trinajstić information content (AvgIpc) is 3.14. The molecule has 2 aromatic rings. The van der Waals surface area contributed by atoms with Gasteiger partial charge in [0.05, 0.1) is 19.5 Å². The van der Waals surface area contributed by atoms with Crippen molar-refractivity contribution in [2.24, 2.45) is 0 Å². The highest BCUT2D eigenvalue weighted by molar-refractivity contribution is 5.90. The second-order valence-electron chi connectivity index (χ2n) is 7.38. The maximum absolute atomic E-state index is 13.6. The van der Waals surface area contributed by atoms with Gasteiger partial charge in [0, 0.05) is 30.2 Å². The van der Waals surface area contributed by atoms with E-state index in [0.29, 0.717) is 19.6 Å². The molecule has 1 N–H and O–H groups in total. The smallest absolute Gasteiger partial charge is 0.248 e. The number of ether oxygens (including phenoxy) is 1. The third-order valence-corrected chi connectivity index (χ3v) is 5.53. The molecule has 26 heavy (non-hydrogen) atoms. The van der Waals surface area contributed by atoms with Crippen LogP contribution in [0.15, 0.2) is 18.2 Å². The summed E-state index contributed by atoms with van der Waals surface area (Å²) in [5.41, 5.74) is 2.09. The number of nitrogens with zero attached hydrogens (tertiary/aromatic N) is 2. The summed E-state index contributed by atoms with van der Waals surface area (Å²) in [5, 5.41) is 0.754. The van der Waals surface area contributed by atoms with E-state index >= 15 is 0 Å². The zero-order valence-corrected chi connectivity index (χ0v) is 15.0. The number of halogens is 1. The highest BCUT2D eigenvalue weighted by atomic mass is 19.1. The zero-order valence-electron chi connectivity index (χ0n) is 15.0. The lowest BCUT2D eigenvalue weighted by Crippen LogP contribution is -2.54. The number of amides is 2. The summed E-state index contributed by atoms with van der Waals surface area (Å²) in [5.74, 6) is -0.344. The van der Waals surface area contributed by atoms with Crippen LogP contribution >= 0.6 is 0 Å². The maximum atomic E-state index is 13.6. The molecule has 2 aliphatic heterocycles. The van der Waals surface area contributed by atoms with Crippen molar-refractivity contribution >= 4 is 22.7 Å². The minimum absolute atomic E-state index is 0.00158. The zero-order chi connectivity index (χ0) is 18.5. The lowest BCUT2D eigenvalue weighted by Gasteiger charge is -2.38. The van der Waals surface area contributed by atoms with Crippen molar-refractivity contribution < 1.29 is 18.7 Å². The van der Waals surface area contributed by atoms with E-state index in [1.807, 2.05) is 6.92 Å². The monoisotopic (exact) mass is 359 g/mol. The van der Waals surface area contributed by atoms with Crippen LogP contribution in [0.3, 0.4) is 0 Å². The van der Waals surface area contributed by atoms with Crippen LogP contribution in [0.1, 0.15) is 17.7 Å². The molecule has 1 spiro atoms. The van der Waals surface area contributed by atoms with Gasteiger partial charge in [-0.2, -0.15) is 0 Å². The van der Waals surface area contributed by atoms with Crippen LogP contribution in [-0.2, 0) is 20.7 Å². The summed E-state index contributed by atoms with van der Waals surface area (Å²) in [6.07, 6.45) is 0.942. The number of fused-ring (bicyclic) bond motifs is 1. The number of benzene rings is 1. The van der Waals surface area contributed by atoms with Crippen LogP contribution in [0.5, 0.6) is 0 Å². The largest absolute Gasteiger partial charge is 0.361 e. The Morgan fingerprint density at radius 2 is 2.19 bits per heavy atom. The van der Waals surface area contributed by atoms with Crippen molar-refractivity contribution in [2.45, 2.75) is 25.4 Å². The molecule has 2 amide bonds. The molecule has 138 valence electrons. The molecule has 2 saturated heterocycles. The molecule has 3 heterocycles. The average molecular weight is 359 g/mol. The lowest BCUT2D eigenvalue weighted by atomic mass is 10.0. The Morgan fingerprint density at radius 3 is 2.96 bits per heavy atom. The third kappa shape index (κ3) is 2.86. The Balaban J connectivity index is 1.51. The number of likely N-dealkylation sites (N-methyl/N-ethyl adjacent to an activating group) is 1. The number of likely N-dealkylation sites (tertiary alicyclic amines) is 1. The van der Waals surface area contributed by atoms with Crippen LogP contribution < -0.4 is 0 Å². The fourth-order valence-corrected chi connectivity index (χ4v) is 4.04. The summed E-state index contributed by atoms with van der Waals surface area (Å²) >= 11 is 0. The number of carbonyl (C=O) groups is 2. The first-order valence-electron chi connectivity index (χ1n) is 8.79. The summed E-state index contributed by atoms with van der Waals surface area (Å²) in [4.78, 5) is 31.2. The fraction of sp³-hybridized carbons (Fsp3) is 0.474. The minimum Gasteiger partial charge on any atom is -0.361 e. The number of rotatable bonds is 2. The van der Waals surface area contributed by atoms with E-state index in [9.17, 15) is 14.0 Å². The molecule has 0 radical (unpaired) electrons. The Bertz CT molecular complexity index is 894. The molecule has 2 aliphatic rings. The van der Waals surface area contributed by atoms with Crippen molar-refractivity contribution in [1.29, 1.82) is 0 Å². The number of aryl methyl sites for hydroxylation is 1. The highest BCUT2D eigenvalue weighted by Gasteiger charge is 2.45. The van der Waals surface area contributed by atoms with E-state index < -0.39 is 5.60 Å². The highest BCUT2D eigenvalue weighted by Crippen LogP contribution is 2.30. The van der Waals surface area contributed by atoms with Crippen molar-refractivity contribution in [3.63, 3.8) is 0 Å². The normalized spacial score (nSPS) is 23.4. The van der Waals surface area contributed by atoms with Gasteiger partial charge in [-0.05, 0) is 37.1 Å². The molecule has 0 unspecified atom stereocenters. The molecule has 1 aromatic heterocycles. The standard InChI is InChI=1S/C19H22FN3O3/c1-12-14(15-7-13(20)3-4-16(15)21-12)8-17(24)23-6-5-19(11-23)10-22(2)18(25)9-26-19/h3-4,7,21H,5-6,8-11H2,1-2H3/t19-/m0/s1. The van der Waals surface area contributed by atoms with Gasteiger partial charge in [0.2, 0.25) is 11.8 Å². The Kier molecular flexibility index (Phi) is 3.99. The quantitative estimate of drug-likeness (QED) is 0.886. The van der Waals surface area contributed by atoms with E-state index in [-0.39, 0.29) is 30.7 Å². The molecule has 0 aliphatic carbocycles. The van der Waals surface area contributed by atoms with Crippen LogP contribution in [0.2, 0.25) is 0 Å². The second kappa shape index (κ2) is 6.09. The van der Waals surface area contributed by atoms with Crippen LogP contribution in [0, 0.1) is 12.7 Å². The Hall–Kier alpha value is -2.41. The van der Waals surface area contributed by atoms with Crippen LogP contribution in [0.25, 0.3) is 10.9 Å². The number of hydrogen-bond donors (Lipinski definition) is 1. The summed E-state index contributed by atoms with van der Waals surface area (Å²) in [6, 6.07) is 4.57. The van der Waals surface area contributed by atoms with Crippen molar-refractivity contribution in [2.75, 3.05) is 33.3 Å². The fourth-order valence-electron chi connectivity index (χ4n) is 4.04. The number of hydrogen-bond acceptors (Lipinski definition) is 3. The molecule has 6 nitrogen and oxygen atoms in total. The van der Waals surface area contributed by atoms with E-state index in [0.717, 1.165) is 28.6 Å². The van der Waals surface area contributed by atoms with Gasteiger partial charge in [-0.3, -0.25) is 9.59 Å². The van der Waals surface area contributed by atoms with E-state index in [1.165, 1.54) is 12.1 Å². The van der Waals surface area contributed by atoms with Gasteiger partial charge in [-0.1, -0.05) is 0 Å². The molecular formula is C19H22FN3O3. The van der Waals surface area contributed by atoms with Gasteiger partial charge < -0.3 is 19.5 Å². The molecule has 1 aromatic carbocycles. The molecule has 4 rings (SSSR count). The minimum atomic E-state index is -0.459. The predicted molar refractivity (Wildman–Crippen MR) is 94.2 cm³/mol. The number of nitrogens with one attached hydrogen (secondary N) is 1. The molecule has 7 heteroatoms. The first-order valence-corrected chi connectivity index (χ1v) is 8.79. The maximum Gasteiger partial charge on any atom is 0.248 e. The molecule has 0 saturated carbocycles. The SMILES string of the molecule is Cc1[nH]c2ccc(F)cc2c1CC(=O)N1CC[C@]2(CN(C)C(=O)CO2)C1. The molecule has 2 fully saturated rings. The number of morpholine rings is 1. The van der Waals surface area contributed by atoms with Crippen molar-refractivity contribution in [3.05, 3.63) is 35.3 Å². The van der Waals surface area contributed by atoms with Crippen molar-refractivity contribution in [1.82, 2.24) is 14.8 Å². The van der Waals surface area contributed by atoms with Gasteiger partial charge in [-0.15, -0.1) is 0 Å². The van der Waals surface area contributed by atoms with Crippen LogP contribution in [0.4, 0.5) is 4.39 Å². The third-order valence-electron chi connectivity index (χ3n) is 5.53. The second-order valence-corrected chi connectivity index (χ2v) is 7.38. The van der Waals surface area contributed by atoms with E-state index in [4.69, 9.17) is 4.74 Å². The summed E-state index contributed by atoms with van der Waals surface area (Å²) in [7, 11) is 1.76. The molecule has 0 bridgehead atoms. The summed E-state index contributed by atoms with van der Waals surface area (Å²) < 4.78 is 19.4. The van der Waals surface area contributed by atoms with Gasteiger partial charge in [-0.25, -0.2) is 4.39 Å². The van der Waals surface area contributed by atoms with Gasteiger partial charge in [0.15, 0.2) is 0 Å². The number of aromatic nitrogens is 1. The first kappa shape index (κ1) is 17.0. The summed E-state index contributed by atoms with van der Waals surface area (Å²) in [6.45, 7) is 3.57. The molecular weight excluding hydrogens is 337 g/mol. The van der Waals surface area contributed by atoms with Crippen molar-refractivity contribution in [3.8, 4) is 0 Å². The van der Waals surface area contributed by atoms with Gasteiger partial charge in [0.1, 0.15) is 18.0 Å². The number of H-pyrrole nitrogens is 1. The van der Waals surface area contributed by atoms with Gasteiger partial charge in [0.25, 0.3) is 0 Å². The first-order chi connectivity index (χ1) is 12.4.